The van der Waals surface area contributed by atoms with Gasteiger partial charge in [0.15, 0.2) is 0 Å². The average Bonchev–Trinajstić information content (AvgIpc) is 2.60. The van der Waals surface area contributed by atoms with Crippen molar-refractivity contribution < 1.29 is 0 Å². The average molecular weight is 281 g/mol. The van der Waals surface area contributed by atoms with E-state index in [1.807, 2.05) is 11.3 Å². The molecule has 0 aliphatic heterocycles. The van der Waals surface area contributed by atoms with E-state index in [-0.39, 0.29) is 0 Å². The molecule has 0 amide bonds. The summed E-state index contributed by atoms with van der Waals surface area (Å²) in [6, 6.07) is 0.382. The molecule has 19 heavy (non-hydrogen) atoms. The second-order valence-electron chi connectivity index (χ2n) is 5.91. The van der Waals surface area contributed by atoms with Crippen molar-refractivity contribution in [3.05, 3.63) is 15.6 Å². The highest BCUT2D eigenvalue weighted by Crippen LogP contribution is 2.27. The topological polar surface area (TPSA) is 50.9 Å². The Bertz CT molecular complexity index is 361. The van der Waals surface area contributed by atoms with Gasteiger partial charge in [0.1, 0.15) is 0 Å². The molecule has 1 atom stereocenters. The highest BCUT2D eigenvalue weighted by Gasteiger charge is 2.19. The number of hydrogen-bond acceptors (Lipinski definition) is 4. The first-order valence-electron chi connectivity index (χ1n) is 7.58. The molecular formula is C15H27N3S. The highest BCUT2D eigenvalue weighted by molar-refractivity contribution is 7.11. The Morgan fingerprint density at radius 2 is 1.95 bits per heavy atom. The maximum absolute atomic E-state index is 5.75. The Balaban J connectivity index is 1.88. The van der Waals surface area contributed by atoms with Gasteiger partial charge >= 0.3 is 0 Å². The molecule has 0 aromatic carbocycles. The fraction of sp³-hybridized carbons (Fsp3) is 0.800. The fourth-order valence-corrected chi connectivity index (χ4v) is 4.06. The summed E-state index contributed by atoms with van der Waals surface area (Å²) in [5, 5.41) is 1.23. The van der Waals surface area contributed by atoms with Gasteiger partial charge in [0, 0.05) is 17.3 Å². The summed E-state index contributed by atoms with van der Waals surface area (Å²) in [5.74, 6) is 6.60. The first kappa shape index (κ1) is 14.9. The van der Waals surface area contributed by atoms with Crippen molar-refractivity contribution in [1.82, 2.24) is 10.4 Å². The van der Waals surface area contributed by atoms with E-state index in [4.69, 9.17) is 5.84 Å². The van der Waals surface area contributed by atoms with Gasteiger partial charge in [-0.3, -0.25) is 11.3 Å². The summed E-state index contributed by atoms with van der Waals surface area (Å²) in [7, 11) is 0. The smallest absolute Gasteiger partial charge is 0.0946 e. The van der Waals surface area contributed by atoms with Crippen LogP contribution in [0.2, 0.25) is 0 Å². The zero-order chi connectivity index (χ0) is 13.7. The molecule has 3 N–H and O–H groups in total. The molecule has 1 saturated carbocycles. The largest absolute Gasteiger partial charge is 0.271 e. The number of hydrazine groups is 1. The highest BCUT2D eigenvalue weighted by atomic mass is 32.1. The van der Waals surface area contributed by atoms with Gasteiger partial charge in [-0.25, -0.2) is 4.98 Å². The molecule has 3 nitrogen and oxygen atoms in total. The van der Waals surface area contributed by atoms with E-state index >= 15 is 0 Å². The fourth-order valence-electron chi connectivity index (χ4n) is 3.05. The molecule has 1 aromatic heterocycles. The van der Waals surface area contributed by atoms with E-state index in [1.54, 1.807) is 0 Å². The Kier molecular flexibility index (Phi) is 5.79. The zero-order valence-corrected chi connectivity index (χ0v) is 13.1. The van der Waals surface area contributed by atoms with Crippen LogP contribution >= 0.6 is 11.3 Å². The minimum absolute atomic E-state index is 0.382. The molecule has 2 rings (SSSR count). The van der Waals surface area contributed by atoms with Gasteiger partial charge in [-0.05, 0) is 26.2 Å². The van der Waals surface area contributed by atoms with Crippen molar-refractivity contribution in [3.63, 3.8) is 0 Å². The number of hydrogen-bond donors (Lipinski definition) is 2. The van der Waals surface area contributed by atoms with Gasteiger partial charge in [0.05, 0.1) is 10.7 Å². The molecule has 1 heterocycles. The normalized spacial score (nSPS) is 19.3. The molecule has 1 unspecified atom stereocenters. The van der Waals surface area contributed by atoms with Gasteiger partial charge in [-0.1, -0.05) is 38.5 Å². The lowest BCUT2D eigenvalue weighted by Gasteiger charge is -2.21. The van der Waals surface area contributed by atoms with Gasteiger partial charge < -0.3 is 0 Å². The van der Waals surface area contributed by atoms with Crippen LogP contribution in [0.15, 0.2) is 0 Å². The summed E-state index contributed by atoms with van der Waals surface area (Å²) < 4.78 is 0. The third kappa shape index (κ3) is 4.55. The summed E-state index contributed by atoms with van der Waals surface area (Å²) in [5.41, 5.74) is 4.19. The van der Waals surface area contributed by atoms with E-state index < -0.39 is 0 Å². The third-order valence-electron chi connectivity index (χ3n) is 4.32. The number of nitrogens with one attached hydrogen (secondary N) is 1. The van der Waals surface area contributed by atoms with Crippen LogP contribution in [-0.2, 0) is 6.42 Å². The molecule has 0 spiro atoms. The Labute approximate surface area is 121 Å². The summed E-state index contributed by atoms with van der Waals surface area (Å²) in [4.78, 5) is 5.97. The lowest BCUT2D eigenvalue weighted by Crippen LogP contribution is -2.38. The quantitative estimate of drug-likeness (QED) is 0.493. The van der Waals surface area contributed by atoms with E-state index in [0.717, 1.165) is 12.3 Å². The molecule has 0 bridgehead atoms. The van der Waals surface area contributed by atoms with Crippen LogP contribution in [0.1, 0.15) is 60.5 Å². The molecule has 1 fully saturated rings. The Hall–Kier alpha value is -0.450. The predicted molar refractivity (Wildman–Crippen MR) is 82.2 cm³/mol. The molecule has 0 saturated heterocycles. The van der Waals surface area contributed by atoms with Crippen molar-refractivity contribution in [3.8, 4) is 0 Å². The van der Waals surface area contributed by atoms with Crippen LogP contribution in [0.5, 0.6) is 0 Å². The monoisotopic (exact) mass is 281 g/mol. The van der Waals surface area contributed by atoms with Crippen molar-refractivity contribution in [2.45, 2.75) is 71.3 Å². The standard InChI is InChI=1S/C15H27N3S/c1-11-12(2)19-15(17-11)10-14(18-16)9-13-7-5-3-4-6-8-13/h13-14,18H,3-10,16H2,1-2H3. The minimum atomic E-state index is 0.382. The maximum Gasteiger partial charge on any atom is 0.0946 e. The third-order valence-corrected chi connectivity index (χ3v) is 5.42. The number of aromatic nitrogens is 1. The second kappa shape index (κ2) is 7.36. The minimum Gasteiger partial charge on any atom is -0.271 e. The summed E-state index contributed by atoms with van der Waals surface area (Å²) in [6.45, 7) is 4.23. The van der Waals surface area contributed by atoms with E-state index in [0.29, 0.717) is 6.04 Å². The molecule has 0 radical (unpaired) electrons. The number of aryl methyl sites for hydroxylation is 2. The number of nitrogens with two attached hydrogens (primary N) is 1. The van der Waals surface area contributed by atoms with Crippen molar-refractivity contribution in [2.75, 3.05) is 0 Å². The van der Waals surface area contributed by atoms with Crippen LogP contribution in [0.3, 0.4) is 0 Å². The Morgan fingerprint density at radius 1 is 1.26 bits per heavy atom. The summed E-state index contributed by atoms with van der Waals surface area (Å²) in [6.07, 6.45) is 10.6. The van der Waals surface area contributed by atoms with Crippen molar-refractivity contribution in [1.29, 1.82) is 0 Å². The zero-order valence-electron chi connectivity index (χ0n) is 12.2. The molecule has 108 valence electrons. The maximum atomic E-state index is 5.75. The van der Waals surface area contributed by atoms with Crippen molar-refractivity contribution in [2.24, 2.45) is 11.8 Å². The lowest BCUT2D eigenvalue weighted by molar-refractivity contribution is 0.352. The molecule has 1 aliphatic rings. The van der Waals surface area contributed by atoms with E-state index in [9.17, 15) is 0 Å². The van der Waals surface area contributed by atoms with Gasteiger partial charge in [0.2, 0.25) is 0 Å². The number of nitrogens with zero attached hydrogens (tertiary/aromatic N) is 1. The van der Waals surface area contributed by atoms with Crippen LogP contribution in [0.4, 0.5) is 0 Å². The van der Waals surface area contributed by atoms with Gasteiger partial charge in [-0.2, -0.15) is 0 Å². The van der Waals surface area contributed by atoms with Crippen LogP contribution in [0, 0.1) is 19.8 Å². The predicted octanol–water partition coefficient (Wildman–Crippen LogP) is 3.49. The SMILES string of the molecule is Cc1nc(CC(CC2CCCCCC2)NN)sc1C. The first-order valence-corrected chi connectivity index (χ1v) is 8.39. The molecule has 1 aliphatic carbocycles. The van der Waals surface area contributed by atoms with Crippen LogP contribution in [0.25, 0.3) is 0 Å². The molecule has 4 heteroatoms. The van der Waals surface area contributed by atoms with Crippen LogP contribution in [-0.4, -0.2) is 11.0 Å². The molecular weight excluding hydrogens is 254 g/mol. The molecule has 1 aromatic rings. The van der Waals surface area contributed by atoms with Crippen molar-refractivity contribution >= 4 is 11.3 Å². The van der Waals surface area contributed by atoms with Crippen LogP contribution < -0.4 is 11.3 Å². The Morgan fingerprint density at radius 3 is 2.47 bits per heavy atom. The van der Waals surface area contributed by atoms with Gasteiger partial charge in [0.25, 0.3) is 0 Å². The number of rotatable bonds is 5. The first-order chi connectivity index (χ1) is 9.19. The second-order valence-corrected chi connectivity index (χ2v) is 7.20. The number of thiazole rings is 1. The van der Waals surface area contributed by atoms with Gasteiger partial charge in [-0.15, -0.1) is 11.3 Å². The van der Waals surface area contributed by atoms with E-state index in [1.165, 1.54) is 60.5 Å². The summed E-state index contributed by atoms with van der Waals surface area (Å²) >= 11 is 1.82. The lowest BCUT2D eigenvalue weighted by atomic mass is 9.92. The van der Waals surface area contributed by atoms with E-state index in [2.05, 4.69) is 24.3 Å².